The smallest absolute Gasteiger partial charge is 0.354 e. The molecule has 2 heterocycles. The van der Waals surface area contributed by atoms with Crippen LogP contribution in [0.15, 0.2) is 47.0 Å². The Kier molecular flexibility index (Phi) is 5.62. The summed E-state index contributed by atoms with van der Waals surface area (Å²) >= 11 is 5.99. The van der Waals surface area contributed by atoms with Crippen molar-refractivity contribution in [3.63, 3.8) is 0 Å². The molecule has 1 aromatic heterocycles. The third kappa shape index (κ3) is 4.42. The summed E-state index contributed by atoms with van der Waals surface area (Å²) in [6.45, 7) is 1.07. The molecule has 0 aliphatic carbocycles. The van der Waals surface area contributed by atoms with Crippen molar-refractivity contribution in [2.45, 2.75) is 6.18 Å². The quantitative estimate of drug-likeness (QED) is 0.757. The number of anilines is 1. The third-order valence-corrected chi connectivity index (χ3v) is 5.88. The number of nitrogens with zero attached hydrogens (tertiary/aromatic N) is 3. The number of alkyl halides is 3. The monoisotopic (exact) mass is 401 g/mol. The van der Waals surface area contributed by atoms with Crippen molar-refractivity contribution in [3.8, 4) is 0 Å². The first-order valence-electron chi connectivity index (χ1n) is 7.81. The molecule has 0 bridgehead atoms. The summed E-state index contributed by atoms with van der Waals surface area (Å²) < 4.78 is 42.4. The van der Waals surface area contributed by atoms with Crippen LogP contribution in [0.2, 0.25) is 5.02 Å². The first kappa shape index (κ1) is 18.8. The summed E-state index contributed by atoms with van der Waals surface area (Å²) in [6.07, 6.45) is -3.68. The van der Waals surface area contributed by atoms with Gasteiger partial charge in [0.05, 0.1) is 10.6 Å². The van der Waals surface area contributed by atoms with Crippen LogP contribution in [0.5, 0.6) is 0 Å². The molecular formula is C17H15ClF3N3OS. The van der Waals surface area contributed by atoms with E-state index in [1.165, 1.54) is 0 Å². The van der Waals surface area contributed by atoms with Crippen molar-refractivity contribution in [1.82, 2.24) is 4.98 Å². The van der Waals surface area contributed by atoms with Gasteiger partial charge in [0.15, 0.2) is 0 Å². The summed E-state index contributed by atoms with van der Waals surface area (Å²) in [5, 5.41) is -0.0288. The number of rotatable bonds is 2. The molecule has 1 aliphatic heterocycles. The van der Waals surface area contributed by atoms with E-state index in [4.69, 9.17) is 11.6 Å². The molecule has 4 nitrogen and oxygen atoms in total. The number of pyridine rings is 1. The highest BCUT2D eigenvalue weighted by Gasteiger charge is 2.32. The number of carbonyl (C=O) groups excluding carboxylic acids is 1. The number of carbonyl (C=O) groups is 1. The van der Waals surface area contributed by atoms with E-state index in [9.17, 15) is 18.0 Å². The molecule has 1 fully saturated rings. The third-order valence-electron chi connectivity index (χ3n) is 3.88. The first-order chi connectivity index (χ1) is 12.3. The van der Waals surface area contributed by atoms with E-state index in [0.29, 0.717) is 36.0 Å². The Bertz CT molecular complexity index is 833. The van der Waals surface area contributed by atoms with E-state index in [0.717, 1.165) is 12.3 Å². The van der Waals surface area contributed by atoms with Gasteiger partial charge in [-0.05, 0) is 18.2 Å². The molecule has 0 spiro atoms. The molecule has 1 amide bonds. The lowest BCUT2D eigenvalue weighted by atomic mass is 10.2. The molecule has 0 atom stereocenters. The van der Waals surface area contributed by atoms with Crippen LogP contribution in [-0.4, -0.2) is 35.5 Å². The van der Waals surface area contributed by atoms with Crippen LogP contribution in [-0.2, 0) is 16.9 Å². The Morgan fingerprint density at radius 1 is 1.19 bits per heavy atom. The second-order valence-electron chi connectivity index (χ2n) is 5.65. The number of hydrogen-bond donors (Lipinski definition) is 0. The van der Waals surface area contributed by atoms with Crippen molar-refractivity contribution >= 4 is 34.0 Å². The summed E-state index contributed by atoms with van der Waals surface area (Å²) in [5.74, 6) is 1.36. The predicted molar refractivity (Wildman–Crippen MR) is 96.8 cm³/mol. The topological polar surface area (TPSA) is 45.6 Å². The number of halogens is 4. The number of hydrogen-bond acceptors (Lipinski definition) is 3. The van der Waals surface area contributed by atoms with E-state index in [-0.39, 0.29) is 10.9 Å². The molecule has 138 valence electrons. The highest BCUT2D eigenvalue weighted by molar-refractivity contribution is 7.87. The van der Waals surface area contributed by atoms with Crippen LogP contribution in [0.25, 0.3) is 0 Å². The molecule has 1 aromatic carbocycles. The number of amides is 1. The van der Waals surface area contributed by atoms with Gasteiger partial charge in [-0.2, -0.15) is 17.5 Å². The average Bonchev–Trinajstić information content (AvgIpc) is 2.62. The van der Waals surface area contributed by atoms with Crippen molar-refractivity contribution in [2.75, 3.05) is 29.5 Å². The van der Waals surface area contributed by atoms with Gasteiger partial charge in [0.1, 0.15) is 5.82 Å². The standard InChI is InChI=1S/C17H15ClF3N3OS/c18-14-10-13(17(19,20)21)11-22-15(14)24-6-8-26(9-7-24)23-16(25)12-4-2-1-3-5-12/h1-5,10-11H,6-9H2. The van der Waals surface area contributed by atoms with Crippen molar-refractivity contribution in [2.24, 2.45) is 4.36 Å². The van der Waals surface area contributed by atoms with Crippen LogP contribution in [0.4, 0.5) is 19.0 Å². The molecule has 0 radical (unpaired) electrons. The lowest BCUT2D eigenvalue weighted by Crippen LogP contribution is -2.38. The molecule has 1 saturated heterocycles. The second kappa shape index (κ2) is 7.75. The molecule has 1 aliphatic rings. The van der Waals surface area contributed by atoms with Gasteiger partial charge in [0.25, 0.3) is 5.91 Å². The fraction of sp³-hybridized carbons (Fsp3) is 0.294. The average molecular weight is 402 g/mol. The first-order valence-corrected chi connectivity index (χ1v) is 9.71. The van der Waals surface area contributed by atoms with Gasteiger partial charge >= 0.3 is 6.18 Å². The van der Waals surface area contributed by atoms with Crippen LogP contribution >= 0.6 is 11.6 Å². The van der Waals surface area contributed by atoms with Gasteiger partial charge in [0, 0.05) is 36.4 Å². The molecule has 26 heavy (non-hydrogen) atoms. The Labute approximate surface area is 156 Å². The molecule has 0 N–H and O–H groups in total. The van der Waals surface area contributed by atoms with Gasteiger partial charge in [-0.15, -0.1) is 0 Å². The Balaban J connectivity index is 1.67. The zero-order chi connectivity index (χ0) is 18.7. The van der Waals surface area contributed by atoms with Crippen molar-refractivity contribution in [1.29, 1.82) is 0 Å². The van der Waals surface area contributed by atoms with Crippen molar-refractivity contribution in [3.05, 3.63) is 58.7 Å². The molecule has 3 rings (SSSR count). The minimum absolute atomic E-state index is 0.0288. The predicted octanol–water partition coefficient (Wildman–Crippen LogP) is 4.22. The lowest BCUT2D eigenvalue weighted by molar-refractivity contribution is -0.137. The van der Waals surface area contributed by atoms with Crippen LogP contribution in [0.1, 0.15) is 15.9 Å². The van der Waals surface area contributed by atoms with Gasteiger partial charge in [-0.25, -0.2) is 4.98 Å². The summed E-state index contributed by atoms with van der Waals surface area (Å²) in [7, 11) is -0.412. The van der Waals surface area contributed by atoms with Gasteiger partial charge in [-0.1, -0.05) is 40.5 Å². The summed E-state index contributed by atoms with van der Waals surface area (Å²) in [6, 6.07) is 9.73. The maximum absolute atomic E-state index is 12.7. The van der Waals surface area contributed by atoms with Crippen molar-refractivity contribution < 1.29 is 18.0 Å². The minimum atomic E-state index is -4.47. The summed E-state index contributed by atoms with van der Waals surface area (Å²) in [4.78, 5) is 17.8. The van der Waals surface area contributed by atoms with Crippen LogP contribution < -0.4 is 4.90 Å². The summed E-state index contributed by atoms with van der Waals surface area (Å²) in [5.41, 5.74) is -0.318. The number of aromatic nitrogens is 1. The van der Waals surface area contributed by atoms with Gasteiger partial charge in [-0.3, -0.25) is 4.79 Å². The largest absolute Gasteiger partial charge is 0.417 e. The normalized spacial score (nSPS) is 15.8. The van der Waals surface area contributed by atoms with Gasteiger partial charge in [0.2, 0.25) is 0 Å². The molecule has 0 unspecified atom stereocenters. The fourth-order valence-corrected chi connectivity index (χ4v) is 4.39. The Hall–Kier alpha value is -1.93. The number of benzene rings is 1. The maximum atomic E-state index is 12.7. The Morgan fingerprint density at radius 2 is 1.85 bits per heavy atom. The van der Waals surface area contributed by atoms with E-state index in [1.54, 1.807) is 24.3 Å². The molecule has 0 saturated carbocycles. The molecular weight excluding hydrogens is 387 g/mol. The van der Waals surface area contributed by atoms with Crippen LogP contribution in [0.3, 0.4) is 0 Å². The highest BCUT2D eigenvalue weighted by Crippen LogP contribution is 2.33. The van der Waals surface area contributed by atoms with E-state index in [2.05, 4.69) is 9.35 Å². The Morgan fingerprint density at radius 3 is 2.42 bits per heavy atom. The van der Waals surface area contributed by atoms with E-state index < -0.39 is 22.4 Å². The maximum Gasteiger partial charge on any atom is 0.417 e. The molecule has 2 aromatic rings. The molecule has 9 heteroatoms. The SMILES string of the molecule is O=C(N=S1CCN(c2ncc(C(F)(F)F)cc2Cl)CC1)c1ccccc1. The van der Waals surface area contributed by atoms with Crippen LogP contribution in [0, 0.1) is 0 Å². The fourth-order valence-electron chi connectivity index (χ4n) is 2.52. The minimum Gasteiger partial charge on any atom is -0.354 e. The van der Waals surface area contributed by atoms with Gasteiger partial charge < -0.3 is 4.90 Å². The highest BCUT2D eigenvalue weighted by atomic mass is 35.5. The van der Waals surface area contributed by atoms with E-state index in [1.807, 2.05) is 11.0 Å². The van der Waals surface area contributed by atoms with E-state index >= 15 is 0 Å². The lowest BCUT2D eigenvalue weighted by Gasteiger charge is -2.29. The zero-order valence-electron chi connectivity index (χ0n) is 13.5. The zero-order valence-corrected chi connectivity index (χ0v) is 15.1. The second-order valence-corrected chi connectivity index (χ2v) is 7.98.